The molecule has 1 saturated heterocycles. The number of ether oxygens (including phenoxy) is 1. The van der Waals surface area contributed by atoms with Crippen LogP contribution in [0.15, 0.2) is 30.3 Å². The van der Waals surface area contributed by atoms with Gasteiger partial charge < -0.3 is 10.1 Å². The second-order valence-electron chi connectivity index (χ2n) is 5.83. The minimum Gasteiger partial charge on any atom is -0.371 e. The predicted molar refractivity (Wildman–Crippen MR) is 75.8 cm³/mol. The van der Waals surface area contributed by atoms with Gasteiger partial charge in [0, 0.05) is 6.54 Å². The molecule has 2 nitrogen and oxygen atoms in total. The molecule has 1 aliphatic heterocycles. The molecule has 1 heterocycles. The van der Waals surface area contributed by atoms with Crippen LogP contribution in [-0.2, 0) is 11.2 Å². The van der Waals surface area contributed by atoms with Gasteiger partial charge in [-0.3, -0.25) is 0 Å². The number of hydrogen-bond donors (Lipinski definition) is 1. The van der Waals surface area contributed by atoms with Crippen LogP contribution in [0.25, 0.3) is 0 Å². The molecule has 0 aliphatic carbocycles. The molecule has 0 spiro atoms. The zero-order valence-corrected chi connectivity index (χ0v) is 11.6. The largest absolute Gasteiger partial charge is 0.371 e. The molecule has 0 aromatic heterocycles. The highest BCUT2D eigenvalue weighted by atomic mass is 16.5. The van der Waals surface area contributed by atoms with Crippen LogP contribution in [0.5, 0.6) is 0 Å². The Hall–Kier alpha value is -0.860. The van der Waals surface area contributed by atoms with Crippen LogP contribution in [0.3, 0.4) is 0 Å². The molecule has 1 unspecified atom stereocenters. The first-order valence-electron chi connectivity index (χ1n) is 7.08. The lowest BCUT2D eigenvalue weighted by molar-refractivity contribution is -0.0141. The molecule has 18 heavy (non-hydrogen) atoms. The summed E-state index contributed by atoms with van der Waals surface area (Å²) in [5, 5.41) is 3.51. The van der Waals surface area contributed by atoms with Crippen molar-refractivity contribution in [1.29, 1.82) is 0 Å². The van der Waals surface area contributed by atoms with Gasteiger partial charge in [-0.2, -0.15) is 0 Å². The first kappa shape index (κ1) is 13.6. The Morgan fingerprint density at radius 1 is 1.28 bits per heavy atom. The molecule has 0 saturated carbocycles. The fraction of sp³-hybridized carbons (Fsp3) is 0.625. The number of aryl methyl sites for hydroxylation is 1. The Kier molecular flexibility index (Phi) is 4.79. The average Bonchev–Trinajstić information content (AvgIpc) is 2.70. The van der Waals surface area contributed by atoms with E-state index in [0.29, 0.717) is 6.10 Å². The maximum absolute atomic E-state index is 5.95. The fourth-order valence-corrected chi connectivity index (χ4v) is 2.55. The van der Waals surface area contributed by atoms with Crippen molar-refractivity contribution in [1.82, 2.24) is 5.32 Å². The third-order valence-electron chi connectivity index (χ3n) is 3.59. The van der Waals surface area contributed by atoms with Gasteiger partial charge in [-0.05, 0) is 51.6 Å². The van der Waals surface area contributed by atoms with Crippen molar-refractivity contribution in [3.63, 3.8) is 0 Å². The van der Waals surface area contributed by atoms with Gasteiger partial charge in [0.1, 0.15) is 0 Å². The molecule has 100 valence electrons. The lowest BCUT2D eigenvalue weighted by Crippen LogP contribution is -2.30. The first-order chi connectivity index (χ1) is 8.66. The summed E-state index contributed by atoms with van der Waals surface area (Å²) in [4.78, 5) is 0. The molecule has 0 amide bonds. The third-order valence-corrected chi connectivity index (χ3v) is 3.59. The van der Waals surface area contributed by atoms with E-state index in [2.05, 4.69) is 49.5 Å². The second kappa shape index (κ2) is 6.35. The van der Waals surface area contributed by atoms with Crippen molar-refractivity contribution in [2.45, 2.75) is 51.2 Å². The van der Waals surface area contributed by atoms with E-state index in [-0.39, 0.29) is 5.60 Å². The molecule has 1 atom stereocenters. The molecular formula is C16H25NO. The lowest BCUT2D eigenvalue weighted by Gasteiger charge is -2.19. The van der Waals surface area contributed by atoms with Crippen molar-refractivity contribution in [3.05, 3.63) is 35.9 Å². The van der Waals surface area contributed by atoms with Gasteiger partial charge in [-0.15, -0.1) is 0 Å². The molecule has 2 heteroatoms. The highest BCUT2D eigenvalue weighted by Gasteiger charge is 2.30. The molecular weight excluding hydrogens is 222 g/mol. The van der Waals surface area contributed by atoms with Crippen LogP contribution in [0, 0.1) is 0 Å². The van der Waals surface area contributed by atoms with E-state index in [9.17, 15) is 0 Å². The second-order valence-corrected chi connectivity index (χ2v) is 5.83. The van der Waals surface area contributed by atoms with Crippen molar-refractivity contribution >= 4 is 0 Å². The van der Waals surface area contributed by atoms with Gasteiger partial charge in [0.15, 0.2) is 0 Å². The van der Waals surface area contributed by atoms with Gasteiger partial charge >= 0.3 is 0 Å². The average molecular weight is 247 g/mol. The van der Waals surface area contributed by atoms with Crippen molar-refractivity contribution < 1.29 is 4.74 Å². The van der Waals surface area contributed by atoms with E-state index in [1.807, 2.05) is 0 Å². The zero-order valence-electron chi connectivity index (χ0n) is 11.6. The van der Waals surface area contributed by atoms with E-state index in [0.717, 1.165) is 19.5 Å². The Morgan fingerprint density at radius 2 is 2.06 bits per heavy atom. The number of hydrogen-bond acceptors (Lipinski definition) is 2. The summed E-state index contributed by atoms with van der Waals surface area (Å²) in [5.41, 5.74) is 1.52. The van der Waals surface area contributed by atoms with Gasteiger partial charge in [-0.25, -0.2) is 0 Å². The molecule has 1 aliphatic rings. The maximum Gasteiger partial charge on any atom is 0.0707 e. The smallest absolute Gasteiger partial charge is 0.0707 e. The van der Waals surface area contributed by atoms with Gasteiger partial charge in [0.05, 0.1) is 11.7 Å². The third kappa shape index (κ3) is 4.43. The summed E-state index contributed by atoms with van der Waals surface area (Å²) in [5.74, 6) is 0. The normalized spacial score (nSPS) is 22.2. The van der Waals surface area contributed by atoms with Crippen molar-refractivity contribution in [2.75, 3.05) is 13.1 Å². The highest BCUT2D eigenvalue weighted by molar-refractivity contribution is 5.14. The minimum atomic E-state index is 0.0936. The summed E-state index contributed by atoms with van der Waals surface area (Å²) in [7, 11) is 0. The fourth-order valence-electron chi connectivity index (χ4n) is 2.55. The van der Waals surface area contributed by atoms with Gasteiger partial charge in [-0.1, -0.05) is 30.3 Å². The quantitative estimate of drug-likeness (QED) is 0.780. The molecule has 1 aromatic carbocycles. The van der Waals surface area contributed by atoms with Gasteiger partial charge in [0.2, 0.25) is 0 Å². The molecule has 1 N–H and O–H groups in total. The Bertz CT molecular complexity index is 347. The van der Waals surface area contributed by atoms with E-state index in [1.54, 1.807) is 0 Å². The van der Waals surface area contributed by atoms with Crippen LogP contribution >= 0.6 is 0 Å². The minimum absolute atomic E-state index is 0.0936. The molecule has 1 fully saturated rings. The summed E-state index contributed by atoms with van der Waals surface area (Å²) in [6.45, 7) is 6.44. The Labute approximate surface area is 111 Å². The summed E-state index contributed by atoms with van der Waals surface area (Å²) >= 11 is 0. The molecule has 0 bridgehead atoms. The number of rotatable bonds is 6. The molecule has 1 aromatic rings. The van der Waals surface area contributed by atoms with E-state index >= 15 is 0 Å². The van der Waals surface area contributed by atoms with Crippen LogP contribution in [0.2, 0.25) is 0 Å². The predicted octanol–water partition coefficient (Wildman–Crippen LogP) is 3.17. The van der Waals surface area contributed by atoms with E-state index in [4.69, 9.17) is 4.74 Å². The Balaban J connectivity index is 1.54. The summed E-state index contributed by atoms with van der Waals surface area (Å²) < 4.78 is 5.95. The summed E-state index contributed by atoms with van der Waals surface area (Å²) in [6, 6.07) is 10.7. The van der Waals surface area contributed by atoms with E-state index in [1.165, 1.54) is 24.8 Å². The van der Waals surface area contributed by atoms with Crippen LogP contribution in [-0.4, -0.2) is 24.8 Å². The maximum atomic E-state index is 5.95. The SMILES string of the molecule is CC1(C)CCC(CNCCCc2ccccc2)O1. The van der Waals surface area contributed by atoms with Crippen LogP contribution in [0.4, 0.5) is 0 Å². The van der Waals surface area contributed by atoms with Crippen molar-refractivity contribution in [2.24, 2.45) is 0 Å². The van der Waals surface area contributed by atoms with Gasteiger partial charge in [0.25, 0.3) is 0 Å². The molecule has 2 rings (SSSR count). The Morgan fingerprint density at radius 3 is 2.72 bits per heavy atom. The number of benzene rings is 1. The molecule has 0 radical (unpaired) electrons. The standard InChI is InChI=1S/C16H25NO/c1-16(2)11-10-15(18-16)13-17-12-6-9-14-7-4-3-5-8-14/h3-5,7-8,15,17H,6,9-13H2,1-2H3. The van der Waals surface area contributed by atoms with Crippen LogP contribution in [0.1, 0.15) is 38.7 Å². The topological polar surface area (TPSA) is 21.3 Å². The lowest BCUT2D eigenvalue weighted by atomic mass is 10.1. The summed E-state index contributed by atoms with van der Waals surface area (Å²) in [6.07, 6.45) is 5.14. The monoisotopic (exact) mass is 247 g/mol. The highest BCUT2D eigenvalue weighted by Crippen LogP contribution is 2.28. The number of nitrogens with one attached hydrogen (secondary N) is 1. The zero-order chi connectivity index (χ0) is 12.8. The van der Waals surface area contributed by atoms with E-state index < -0.39 is 0 Å². The first-order valence-corrected chi connectivity index (χ1v) is 7.08. The van der Waals surface area contributed by atoms with Crippen LogP contribution < -0.4 is 5.32 Å². The van der Waals surface area contributed by atoms with Crippen molar-refractivity contribution in [3.8, 4) is 0 Å².